The van der Waals surface area contributed by atoms with Gasteiger partial charge < -0.3 is 4.74 Å². The van der Waals surface area contributed by atoms with Gasteiger partial charge in [-0.25, -0.2) is 5.11 Å². The molecule has 3 nitrogen and oxygen atoms in total. The fraction of sp³-hybridized carbons (Fsp3) is 0.222. The van der Waals surface area contributed by atoms with Gasteiger partial charge in [-0.15, -0.1) is 0 Å². The molecule has 0 fully saturated rings. The minimum Gasteiger partial charge on any atom is -0.496 e. The van der Waals surface area contributed by atoms with Gasteiger partial charge in [0, 0.05) is 5.56 Å². The third kappa shape index (κ3) is 1.55. The van der Waals surface area contributed by atoms with Crippen LogP contribution in [0.25, 0.3) is 0 Å². The van der Waals surface area contributed by atoms with Crippen molar-refractivity contribution in [1.29, 1.82) is 5.26 Å². The molecule has 0 aliphatic rings. The van der Waals surface area contributed by atoms with Crippen molar-refractivity contribution in [3.8, 4) is 11.8 Å². The summed E-state index contributed by atoms with van der Waals surface area (Å²) in [5.41, 5.74) is 1.08. The first kappa shape index (κ1) is 8.57. The van der Waals surface area contributed by atoms with E-state index in [1.165, 1.54) is 7.11 Å². The molecule has 61 valence electrons. The summed E-state index contributed by atoms with van der Waals surface area (Å²) in [7, 11) is 1.48. The Bertz CT molecular complexity index is 315. The first-order valence-corrected chi connectivity index (χ1v) is 3.47. The molecule has 12 heavy (non-hydrogen) atoms. The Kier molecular flexibility index (Phi) is 2.67. The first-order chi connectivity index (χ1) is 5.81. The summed E-state index contributed by atoms with van der Waals surface area (Å²) in [6.07, 6.45) is 0. The highest BCUT2D eigenvalue weighted by Gasteiger charge is 2.02. The number of hydrogen-bond donors (Lipinski definition) is 0. The normalized spacial score (nSPS) is 9.08. The molecular formula is C9H8NO2. The third-order valence-electron chi connectivity index (χ3n) is 1.57. The van der Waals surface area contributed by atoms with Gasteiger partial charge in [-0.05, 0) is 12.1 Å². The van der Waals surface area contributed by atoms with Gasteiger partial charge in [0.05, 0.1) is 18.7 Å². The highest BCUT2D eigenvalue weighted by Crippen LogP contribution is 2.19. The van der Waals surface area contributed by atoms with E-state index in [0.29, 0.717) is 16.9 Å². The Morgan fingerprint density at radius 3 is 2.83 bits per heavy atom. The topological polar surface area (TPSA) is 52.9 Å². The lowest BCUT2D eigenvalue weighted by molar-refractivity contribution is 0.174. The fourth-order valence-corrected chi connectivity index (χ4v) is 0.933. The minimum atomic E-state index is -0.325. The van der Waals surface area contributed by atoms with Crippen LogP contribution in [0.3, 0.4) is 0 Å². The molecule has 1 aromatic carbocycles. The van der Waals surface area contributed by atoms with Crippen LogP contribution < -0.4 is 4.74 Å². The second kappa shape index (κ2) is 3.74. The van der Waals surface area contributed by atoms with Crippen molar-refractivity contribution in [3.63, 3.8) is 0 Å². The molecule has 1 radical (unpaired) electrons. The average Bonchev–Trinajstić information content (AvgIpc) is 2.16. The zero-order valence-corrected chi connectivity index (χ0v) is 6.70. The van der Waals surface area contributed by atoms with E-state index >= 15 is 0 Å². The van der Waals surface area contributed by atoms with E-state index in [1.54, 1.807) is 18.2 Å². The van der Waals surface area contributed by atoms with Crippen molar-refractivity contribution >= 4 is 0 Å². The Hall–Kier alpha value is -1.53. The molecule has 0 saturated carbocycles. The molecule has 1 aromatic rings. The van der Waals surface area contributed by atoms with Crippen molar-refractivity contribution in [1.82, 2.24) is 0 Å². The minimum absolute atomic E-state index is 0.325. The summed E-state index contributed by atoms with van der Waals surface area (Å²) in [6, 6.07) is 6.76. The number of rotatable bonds is 2. The van der Waals surface area contributed by atoms with Crippen LogP contribution in [-0.4, -0.2) is 7.11 Å². The molecule has 3 heteroatoms. The van der Waals surface area contributed by atoms with E-state index in [1.807, 2.05) is 6.07 Å². The van der Waals surface area contributed by atoms with E-state index in [2.05, 4.69) is 0 Å². The van der Waals surface area contributed by atoms with Crippen molar-refractivity contribution in [2.24, 2.45) is 0 Å². The smallest absolute Gasteiger partial charge is 0.125 e. The molecular weight excluding hydrogens is 154 g/mol. The van der Waals surface area contributed by atoms with Crippen molar-refractivity contribution in [2.75, 3.05) is 7.11 Å². The van der Waals surface area contributed by atoms with Gasteiger partial charge in [0.15, 0.2) is 0 Å². The quantitative estimate of drug-likeness (QED) is 0.661. The van der Waals surface area contributed by atoms with E-state index in [0.717, 1.165) is 0 Å². The maximum absolute atomic E-state index is 10.5. The lowest BCUT2D eigenvalue weighted by Crippen LogP contribution is -1.91. The molecule has 0 heterocycles. The predicted octanol–water partition coefficient (Wildman–Crippen LogP) is 1.50. The number of methoxy groups -OCH3 is 1. The Morgan fingerprint density at radius 2 is 2.33 bits per heavy atom. The van der Waals surface area contributed by atoms with Gasteiger partial charge in [-0.3, -0.25) is 0 Å². The zero-order chi connectivity index (χ0) is 8.97. The van der Waals surface area contributed by atoms with E-state index < -0.39 is 0 Å². The van der Waals surface area contributed by atoms with Crippen molar-refractivity contribution in [2.45, 2.75) is 6.61 Å². The number of ether oxygens (including phenoxy) is 1. The van der Waals surface area contributed by atoms with E-state index in [9.17, 15) is 5.11 Å². The Labute approximate surface area is 70.8 Å². The molecule has 0 unspecified atom stereocenters. The van der Waals surface area contributed by atoms with Gasteiger partial charge in [0.2, 0.25) is 0 Å². The van der Waals surface area contributed by atoms with Crippen LogP contribution in [0.2, 0.25) is 0 Å². The summed E-state index contributed by atoms with van der Waals surface area (Å²) in [4.78, 5) is 0. The zero-order valence-electron chi connectivity index (χ0n) is 6.70. The SMILES string of the molecule is COc1cc(C#N)ccc1C[O]. The summed E-state index contributed by atoms with van der Waals surface area (Å²) >= 11 is 0. The highest BCUT2D eigenvalue weighted by atomic mass is 16.5. The maximum atomic E-state index is 10.5. The molecule has 0 aromatic heterocycles. The molecule has 0 amide bonds. The largest absolute Gasteiger partial charge is 0.496 e. The number of benzene rings is 1. The molecule has 0 aliphatic carbocycles. The van der Waals surface area contributed by atoms with Crippen LogP contribution in [0.1, 0.15) is 11.1 Å². The fourth-order valence-electron chi connectivity index (χ4n) is 0.933. The molecule has 0 aliphatic heterocycles. The summed E-state index contributed by atoms with van der Waals surface area (Å²) in [5.74, 6) is 0.490. The highest BCUT2D eigenvalue weighted by molar-refractivity contribution is 5.42. The van der Waals surface area contributed by atoms with E-state index in [4.69, 9.17) is 10.00 Å². The lowest BCUT2D eigenvalue weighted by atomic mass is 10.1. The molecule has 0 N–H and O–H groups in total. The van der Waals surface area contributed by atoms with Crippen LogP contribution in [0, 0.1) is 11.3 Å². The third-order valence-corrected chi connectivity index (χ3v) is 1.57. The van der Waals surface area contributed by atoms with Gasteiger partial charge in [-0.1, -0.05) is 6.07 Å². The summed E-state index contributed by atoms with van der Waals surface area (Å²) < 4.78 is 4.93. The molecule has 0 bridgehead atoms. The second-order valence-electron chi connectivity index (χ2n) is 2.28. The summed E-state index contributed by atoms with van der Waals surface area (Å²) in [6.45, 7) is -0.325. The maximum Gasteiger partial charge on any atom is 0.125 e. The monoisotopic (exact) mass is 162 g/mol. The van der Waals surface area contributed by atoms with Crippen molar-refractivity contribution in [3.05, 3.63) is 29.3 Å². The predicted molar refractivity (Wildman–Crippen MR) is 42.1 cm³/mol. The number of hydrogen-bond acceptors (Lipinski definition) is 2. The Morgan fingerprint density at radius 1 is 1.58 bits per heavy atom. The number of nitriles is 1. The van der Waals surface area contributed by atoms with Gasteiger partial charge in [0.1, 0.15) is 12.4 Å². The van der Waals surface area contributed by atoms with Crippen LogP contribution in [-0.2, 0) is 11.7 Å². The van der Waals surface area contributed by atoms with Gasteiger partial charge >= 0.3 is 0 Å². The molecule has 0 spiro atoms. The first-order valence-electron chi connectivity index (χ1n) is 3.47. The average molecular weight is 162 g/mol. The molecule has 1 rings (SSSR count). The Balaban J connectivity index is 3.13. The number of nitrogens with zero attached hydrogens (tertiary/aromatic N) is 1. The van der Waals surface area contributed by atoms with Crippen LogP contribution in [0.5, 0.6) is 5.75 Å². The van der Waals surface area contributed by atoms with Crippen LogP contribution in [0.4, 0.5) is 0 Å². The van der Waals surface area contributed by atoms with Crippen molar-refractivity contribution < 1.29 is 9.84 Å². The molecule has 0 atom stereocenters. The second-order valence-corrected chi connectivity index (χ2v) is 2.28. The lowest BCUT2D eigenvalue weighted by Gasteiger charge is -2.04. The van der Waals surface area contributed by atoms with Gasteiger partial charge in [-0.2, -0.15) is 5.26 Å². The van der Waals surface area contributed by atoms with Crippen LogP contribution in [0.15, 0.2) is 18.2 Å². The van der Waals surface area contributed by atoms with Crippen LogP contribution >= 0.6 is 0 Å². The van der Waals surface area contributed by atoms with E-state index in [-0.39, 0.29) is 6.61 Å². The molecule has 0 saturated heterocycles. The summed E-state index contributed by atoms with van der Waals surface area (Å²) in [5, 5.41) is 19.1. The van der Waals surface area contributed by atoms with Gasteiger partial charge in [0.25, 0.3) is 0 Å². The standard InChI is InChI=1S/C9H8NO2/c1-12-9-4-7(5-10)2-3-8(9)6-11/h2-4H,6H2,1H3.